The lowest BCUT2D eigenvalue weighted by molar-refractivity contribution is 0.277. The molecule has 0 aromatic carbocycles. The fourth-order valence-electron chi connectivity index (χ4n) is 0.307. The fraction of sp³-hybridized carbons (Fsp3) is 0.333. The summed E-state index contributed by atoms with van der Waals surface area (Å²) in [5, 5.41) is 2.00. The second-order valence-electron chi connectivity index (χ2n) is 1.42. The molecule has 1 rings (SSSR count). The van der Waals surface area contributed by atoms with Gasteiger partial charge in [0.25, 0.3) is 0 Å². The molecule has 0 aliphatic heterocycles. The van der Waals surface area contributed by atoms with Gasteiger partial charge in [0.05, 0.1) is 4.21 Å². The first-order chi connectivity index (χ1) is 4.85. The zero-order valence-electron chi connectivity index (χ0n) is 5.83. The molecule has 0 saturated heterocycles. The third-order valence-electron chi connectivity index (χ3n) is 0.571. The number of halogens is 1. The lowest BCUT2D eigenvalue weighted by Gasteiger charge is -1.75. The summed E-state index contributed by atoms with van der Waals surface area (Å²) >= 11 is 1.65. The SMILES string of the molecule is COC.ClSc1cccs1. The van der Waals surface area contributed by atoms with Gasteiger partial charge in [-0.25, -0.2) is 0 Å². The second-order valence-corrected chi connectivity index (χ2v) is 3.68. The van der Waals surface area contributed by atoms with Crippen molar-refractivity contribution in [2.45, 2.75) is 4.21 Å². The molecule has 10 heavy (non-hydrogen) atoms. The molecule has 0 aliphatic carbocycles. The monoisotopic (exact) mass is 196 g/mol. The number of thiophene rings is 1. The van der Waals surface area contributed by atoms with Crippen molar-refractivity contribution < 1.29 is 4.74 Å². The first kappa shape index (κ1) is 10.3. The van der Waals surface area contributed by atoms with Crippen LogP contribution < -0.4 is 0 Å². The van der Waals surface area contributed by atoms with Crippen molar-refractivity contribution in [1.29, 1.82) is 0 Å². The number of rotatable bonds is 1. The number of methoxy groups -OCH3 is 1. The molecule has 0 aliphatic rings. The van der Waals surface area contributed by atoms with Crippen LogP contribution in [0.2, 0.25) is 0 Å². The van der Waals surface area contributed by atoms with Crippen LogP contribution in [-0.2, 0) is 4.74 Å². The van der Waals surface area contributed by atoms with E-state index >= 15 is 0 Å². The van der Waals surface area contributed by atoms with Gasteiger partial charge in [-0.2, -0.15) is 0 Å². The van der Waals surface area contributed by atoms with Crippen LogP contribution in [0.4, 0.5) is 0 Å². The van der Waals surface area contributed by atoms with E-state index in [1.165, 1.54) is 11.0 Å². The zero-order chi connectivity index (χ0) is 7.82. The predicted molar refractivity (Wildman–Crippen MR) is 49.0 cm³/mol. The Hall–Kier alpha value is 0.300. The van der Waals surface area contributed by atoms with Crippen molar-refractivity contribution in [3.8, 4) is 0 Å². The molecule has 1 heterocycles. The van der Waals surface area contributed by atoms with E-state index in [1.54, 1.807) is 25.6 Å². The molecule has 58 valence electrons. The van der Waals surface area contributed by atoms with Crippen molar-refractivity contribution >= 4 is 33.0 Å². The topological polar surface area (TPSA) is 9.23 Å². The molecular weight excluding hydrogens is 188 g/mol. The quantitative estimate of drug-likeness (QED) is 0.682. The Morgan fingerprint density at radius 3 is 2.40 bits per heavy atom. The van der Waals surface area contributed by atoms with E-state index in [2.05, 4.69) is 4.74 Å². The summed E-state index contributed by atoms with van der Waals surface area (Å²) < 4.78 is 5.40. The molecule has 0 radical (unpaired) electrons. The maximum absolute atomic E-state index is 5.40. The van der Waals surface area contributed by atoms with E-state index < -0.39 is 0 Å². The Kier molecular flexibility index (Phi) is 7.63. The summed E-state index contributed by atoms with van der Waals surface area (Å²) in [4.78, 5) is 0. The number of ether oxygens (including phenoxy) is 1. The van der Waals surface area contributed by atoms with Crippen LogP contribution in [0.5, 0.6) is 0 Å². The summed E-state index contributed by atoms with van der Waals surface area (Å²) in [5.74, 6) is 0. The van der Waals surface area contributed by atoms with Gasteiger partial charge in [0, 0.05) is 14.2 Å². The van der Waals surface area contributed by atoms with E-state index in [-0.39, 0.29) is 0 Å². The first-order valence-electron chi connectivity index (χ1n) is 2.57. The van der Waals surface area contributed by atoms with E-state index in [4.69, 9.17) is 10.7 Å². The normalized spacial score (nSPS) is 8.30. The third kappa shape index (κ3) is 5.11. The third-order valence-corrected chi connectivity index (χ3v) is 2.83. The van der Waals surface area contributed by atoms with Crippen LogP contribution in [0.1, 0.15) is 0 Å². The molecule has 0 bridgehead atoms. The highest BCUT2D eigenvalue weighted by atomic mass is 35.7. The molecule has 0 spiro atoms. The standard InChI is InChI=1S/C4H3ClS2.C2H6O/c5-7-4-2-1-3-6-4;1-3-2/h1-3H;1-2H3. The predicted octanol–water partition coefficient (Wildman–Crippen LogP) is 3.26. The summed E-state index contributed by atoms with van der Waals surface area (Å²) in [5.41, 5.74) is 0. The van der Waals surface area contributed by atoms with Gasteiger partial charge in [-0.15, -0.1) is 11.3 Å². The second kappa shape index (κ2) is 7.41. The van der Waals surface area contributed by atoms with Crippen molar-refractivity contribution in [1.82, 2.24) is 0 Å². The Morgan fingerprint density at radius 1 is 1.60 bits per heavy atom. The van der Waals surface area contributed by atoms with Crippen LogP contribution in [-0.4, -0.2) is 14.2 Å². The Bertz CT molecular complexity index is 141. The van der Waals surface area contributed by atoms with Crippen LogP contribution in [0.3, 0.4) is 0 Å². The molecule has 4 heteroatoms. The average molecular weight is 197 g/mol. The minimum absolute atomic E-state index is 1.15. The lowest BCUT2D eigenvalue weighted by atomic mass is 10.7. The van der Waals surface area contributed by atoms with Gasteiger partial charge in [-0.05, 0) is 33.1 Å². The van der Waals surface area contributed by atoms with Gasteiger partial charge in [0.1, 0.15) is 0 Å². The highest BCUT2D eigenvalue weighted by molar-refractivity contribution is 8.22. The molecule has 0 saturated carbocycles. The summed E-state index contributed by atoms with van der Waals surface area (Å²) in [6, 6.07) is 3.97. The van der Waals surface area contributed by atoms with E-state index in [0.717, 1.165) is 4.21 Å². The number of hydrogen-bond acceptors (Lipinski definition) is 3. The molecule has 0 unspecified atom stereocenters. The first-order valence-corrected chi connectivity index (χ1v) is 5.09. The van der Waals surface area contributed by atoms with Crippen LogP contribution >= 0.6 is 33.0 Å². The zero-order valence-corrected chi connectivity index (χ0v) is 8.22. The Labute approximate surface area is 73.9 Å². The number of hydrogen-bond donors (Lipinski definition) is 0. The highest BCUT2D eigenvalue weighted by Gasteiger charge is 1.85. The average Bonchev–Trinajstić information content (AvgIpc) is 2.39. The molecule has 0 atom stereocenters. The smallest absolute Gasteiger partial charge is 0.0756 e. The van der Waals surface area contributed by atoms with E-state index in [1.807, 2.05) is 17.5 Å². The summed E-state index contributed by atoms with van der Waals surface area (Å²) in [6.07, 6.45) is 0. The molecule has 0 fully saturated rings. The molecule has 1 aromatic heterocycles. The van der Waals surface area contributed by atoms with Crippen LogP contribution in [0.25, 0.3) is 0 Å². The molecule has 1 aromatic rings. The van der Waals surface area contributed by atoms with Crippen molar-refractivity contribution in [3.63, 3.8) is 0 Å². The molecular formula is C6H9ClOS2. The fourth-order valence-corrected chi connectivity index (χ4v) is 1.68. The minimum Gasteiger partial charge on any atom is -0.388 e. The van der Waals surface area contributed by atoms with Crippen molar-refractivity contribution in [2.75, 3.05) is 14.2 Å². The maximum atomic E-state index is 5.40. The van der Waals surface area contributed by atoms with Gasteiger partial charge in [-0.1, -0.05) is 6.07 Å². The molecule has 1 nitrogen and oxygen atoms in total. The molecule has 0 N–H and O–H groups in total. The van der Waals surface area contributed by atoms with E-state index in [9.17, 15) is 0 Å². The van der Waals surface area contributed by atoms with Crippen molar-refractivity contribution in [2.24, 2.45) is 0 Å². The van der Waals surface area contributed by atoms with Gasteiger partial charge in [0.2, 0.25) is 0 Å². The maximum Gasteiger partial charge on any atom is 0.0756 e. The summed E-state index contributed by atoms with van der Waals surface area (Å²) in [7, 11) is 9.91. The van der Waals surface area contributed by atoms with Crippen molar-refractivity contribution in [3.05, 3.63) is 17.5 Å². The Morgan fingerprint density at radius 2 is 2.20 bits per heavy atom. The summed E-state index contributed by atoms with van der Waals surface area (Å²) in [6.45, 7) is 0. The largest absolute Gasteiger partial charge is 0.388 e. The molecule has 0 amide bonds. The van der Waals surface area contributed by atoms with Gasteiger partial charge >= 0.3 is 0 Å². The highest BCUT2D eigenvalue weighted by Crippen LogP contribution is 2.25. The van der Waals surface area contributed by atoms with Crippen LogP contribution in [0, 0.1) is 0 Å². The van der Waals surface area contributed by atoms with Crippen LogP contribution in [0.15, 0.2) is 21.7 Å². The van der Waals surface area contributed by atoms with E-state index in [0.29, 0.717) is 0 Å². The van der Waals surface area contributed by atoms with Gasteiger partial charge < -0.3 is 4.74 Å². The van der Waals surface area contributed by atoms with Gasteiger partial charge in [0.15, 0.2) is 0 Å². The lowest BCUT2D eigenvalue weighted by Crippen LogP contribution is -1.55. The van der Waals surface area contributed by atoms with Gasteiger partial charge in [-0.3, -0.25) is 0 Å². The minimum atomic E-state index is 1.15. The Balaban J connectivity index is 0.000000236.